The fourth-order valence-electron chi connectivity index (χ4n) is 1.37. The molecule has 0 radical (unpaired) electrons. The Morgan fingerprint density at radius 1 is 1.50 bits per heavy atom. The van der Waals surface area contributed by atoms with Crippen LogP contribution >= 0.6 is 0 Å². The van der Waals surface area contributed by atoms with Crippen molar-refractivity contribution in [2.75, 3.05) is 0 Å². The molecule has 2 rings (SSSR count). The molecule has 2 atom stereocenters. The van der Waals surface area contributed by atoms with Crippen LogP contribution < -0.4 is 5.73 Å². The summed E-state index contributed by atoms with van der Waals surface area (Å²) in [6.07, 6.45) is 0.910. The molecular formula is C10H12N2O2. The molecule has 4 heteroatoms. The van der Waals surface area contributed by atoms with Crippen molar-refractivity contribution in [1.29, 1.82) is 0 Å². The van der Waals surface area contributed by atoms with Crippen molar-refractivity contribution in [1.82, 2.24) is 5.16 Å². The monoisotopic (exact) mass is 192 g/mol. The van der Waals surface area contributed by atoms with Crippen LogP contribution in [0.4, 0.5) is 0 Å². The Morgan fingerprint density at radius 3 is 3.00 bits per heavy atom. The van der Waals surface area contributed by atoms with E-state index in [1.54, 1.807) is 19.3 Å². The molecule has 14 heavy (non-hydrogen) atoms. The predicted octanol–water partition coefficient (Wildman–Crippen LogP) is 1.21. The van der Waals surface area contributed by atoms with Gasteiger partial charge in [0.15, 0.2) is 0 Å². The lowest BCUT2D eigenvalue weighted by atomic mass is 10.0. The lowest BCUT2D eigenvalue weighted by Crippen LogP contribution is -2.24. The van der Waals surface area contributed by atoms with Gasteiger partial charge in [-0.1, -0.05) is 11.2 Å². The van der Waals surface area contributed by atoms with E-state index < -0.39 is 6.10 Å². The Hall–Kier alpha value is -1.39. The minimum atomic E-state index is -0.656. The van der Waals surface area contributed by atoms with E-state index in [9.17, 15) is 5.11 Å². The van der Waals surface area contributed by atoms with Gasteiger partial charge in [0.25, 0.3) is 0 Å². The first-order valence-corrected chi connectivity index (χ1v) is 4.46. The third kappa shape index (κ3) is 1.49. The summed E-state index contributed by atoms with van der Waals surface area (Å²) < 4.78 is 4.80. The van der Waals surface area contributed by atoms with E-state index in [0.717, 1.165) is 16.5 Å². The Bertz CT molecular complexity index is 436. The standard InChI is InChI=1S/C10H12N2O2/c1-6(11)10(13)7-2-3-8-5-14-12-9(8)4-7/h2-6,10,13H,11H2,1H3. The van der Waals surface area contributed by atoms with Crippen molar-refractivity contribution in [3.8, 4) is 0 Å². The largest absolute Gasteiger partial charge is 0.387 e. The minimum Gasteiger partial charge on any atom is -0.387 e. The van der Waals surface area contributed by atoms with Crippen LogP contribution in [0.25, 0.3) is 10.9 Å². The molecule has 1 heterocycles. The summed E-state index contributed by atoms with van der Waals surface area (Å²) in [5.41, 5.74) is 7.10. The molecule has 0 spiro atoms. The SMILES string of the molecule is CC(N)C(O)c1ccc2conc2c1. The molecule has 0 fully saturated rings. The highest BCUT2D eigenvalue weighted by Crippen LogP contribution is 2.20. The topological polar surface area (TPSA) is 72.3 Å². The number of aliphatic hydroxyl groups excluding tert-OH is 1. The predicted molar refractivity (Wildman–Crippen MR) is 52.6 cm³/mol. The molecule has 0 aliphatic rings. The summed E-state index contributed by atoms with van der Waals surface area (Å²) in [5.74, 6) is 0. The van der Waals surface area contributed by atoms with Crippen LogP contribution in [0.1, 0.15) is 18.6 Å². The lowest BCUT2D eigenvalue weighted by Gasteiger charge is -2.14. The number of fused-ring (bicyclic) bond motifs is 1. The van der Waals surface area contributed by atoms with Crippen LogP contribution in [-0.2, 0) is 0 Å². The van der Waals surface area contributed by atoms with Gasteiger partial charge >= 0.3 is 0 Å². The summed E-state index contributed by atoms with van der Waals surface area (Å²) in [7, 11) is 0. The quantitative estimate of drug-likeness (QED) is 0.750. The number of benzene rings is 1. The number of aliphatic hydroxyl groups is 1. The fourth-order valence-corrected chi connectivity index (χ4v) is 1.37. The Kier molecular flexibility index (Phi) is 2.23. The fraction of sp³-hybridized carbons (Fsp3) is 0.300. The third-order valence-corrected chi connectivity index (χ3v) is 2.22. The molecule has 0 aliphatic heterocycles. The number of nitrogens with two attached hydrogens (primary N) is 1. The maximum absolute atomic E-state index is 9.71. The average molecular weight is 192 g/mol. The van der Waals surface area contributed by atoms with Crippen molar-refractivity contribution in [3.63, 3.8) is 0 Å². The summed E-state index contributed by atoms with van der Waals surface area (Å²) in [4.78, 5) is 0. The highest BCUT2D eigenvalue weighted by molar-refractivity contribution is 5.77. The normalized spacial score (nSPS) is 15.6. The second-order valence-electron chi connectivity index (χ2n) is 3.44. The van der Waals surface area contributed by atoms with Gasteiger partial charge in [-0.3, -0.25) is 0 Å². The van der Waals surface area contributed by atoms with Crippen LogP contribution in [0.15, 0.2) is 29.0 Å². The molecule has 0 saturated heterocycles. The van der Waals surface area contributed by atoms with E-state index in [-0.39, 0.29) is 6.04 Å². The zero-order chi connectivity index (χ0) is 10.1. The molecule has 0 amide bonds. The van der Waals surface area contributed by atoms with Crippen LogP contribution in [0, 0.1) is 0 Å². The molecule has 3 N–H and O–H groups in total. The smallest absolute Gasteiger partial charge is 0.131 e. The molecule has 2 aromatic rings. The number of aromatic nitrogens is 1. The molecule has 1 aromatic carbocycles. The molecular weight excluding hydrogens is 180 g/mol. The van der Waals surface area contributed by atoms with Gasteiger partial charge in [0.2, 0.25) is 0 Å². The van der Waals surface area contributed by atoms with E-state index >= 15 is 0 Å². The highest BCUT2D eigenvalue weighted by atomic mass is 16.5. The van der Waals surface area contributed by atoms with E-state index in [4.69, 9.17) is 10.3 Å². The highest BCUT2D eigenvalue weighted by Gasteiger charge is 2.13. The molecule has 0 aliphatic carbocycles. The first kappa shape index (κ1) is 9.18. The van der Waals surface area contributed by atoms with Gasteiger partial charge in [0.1, 0.15) is 11.8 Å². The number of hydrogen-bond donors (Lipinski definition) is 2. The molecule has 74 valence electrons. The zero-order valence-electron chi connectivity index (χ0n) is 7.84. The molecule has 0 bridgehead atoms. The maximum atomic E-state index is 9.71. The van der Waals surface area contributed by atoms with Gasteiger partial charge in [-0.25, -0.2) is 0 Å². The number of hydrogen-bond acceptors (Lipinski definition) is 4. The first-order valence-electron chi connectivity index (χ1n) is 4.46. The Morgan fingerprint density at radius 2 is 2.29 bits per heavy atom. The van der Waals surface area contributed by atoms with E-state index in [1.807, 2.05) is 12.1 Å². The van der Waals surface area contributed by atoms with Crippen molar-refractivity contribution in [2.24, 2.45) is 5.73 Å². The van der Waals surface area contributed by atoms with Crippen LogP contribution in [0.5, 0.6) is 0 Å². The second kappa shape index (κ2) is 3.40. The second-order valence-corrected chi connectivity index (χ2v) is 3.44. The Labute approximate surface area is 81.3 Å². The summed E-state index contributed by atoms with van der Waals surface area (Å²) in [6, 6.07) is 5.17. The average Bonchev–Trinajstić information content (AvgIpc) is 2.62. The van der Waals surface area contributed by atoms with Crippen LogP contribution in [-0.4, -0.2) is 16.3 Å². The van der Waals surface area contributed by atoms with Crippen molar-refractivity contribution in [2.45, 2.75) is 19.1 Å². The van der Waals surface area contributed by atoms with Crippen molar-refractivity contribution in [3.05, 3.63) is 30.0 Å². The Balaban J connectivity index is 2.43. The van der Waals surface area contributed by atoms with E-state index in [1.165, 1.54) is 0 Å². The van der Waals surface area contributed by atoms with Crippen molar-refractivity contribution >= 4 is 10.9 Å². The minimum absolute atomic E-state index is 0.292. The third-order valence-electron chi connectivity index (χ3n) is 2.22. The van der Waals surface area contributed by atoms with E-state index in [0.29, 0.717) is 0 Å². The maximum Gasteiger partial charge on any atom is 0.131 e. The molecule has 1 aromatic heterocycles. The number of rotatable bonds is 2. The van der Waals surface area contributed by atoms with Gasteiger partial charge in [0, 0.05) is 11.4 Å². The number of nitrogens with zero attached hydrogens (tertiary/aromatic N) is 1. The first-order chi connectivity index (χ1) is 6.68. The van der Waals surface area contributed by atoms with Gasteiger partial charge in [-0.15, -0.1) is 0 Å². The van der Waals surface area contributed by atoms with Crippen molar-refractivity contribution < 1.29 is 9.63 Å². The summed E-state index contributed by atoms with van der Waals surface area (Å²) >= 11 is 0. The molecule has 0 saturated carbocycles. The van der Waals surface area contributed by atoms with Crippen LogP contribution in [0.3, 0.4) is 0 Å². The van der Waals surface area contributed by atoms with Gasteiger partial charge in [-0.05, 0) is 24.6 Å². The van der Waals surface area contributed by atoms with Gasteiger partial charge in [-0.2, -0.15) is 0 Å². The molecule has 2 unspecified atom stereocenters. The lowest BCUT2D eigenvalue weighted by molar-refractivity contribution is 0.153. The van der Waals surface area contributed by atoms with Gasteiger partial charge in [0.05, 0.1) is 6.10 Å². The van der Waals surface area contributed by atoms with Crippen LogP contribution in [0.2, 0.25) is 0 Å². The summed E-state index contributed by atoms with van der Waals surface area (Å²) in [6.45, 7) is 1.76. The summed E-state index contributed by atoms with van der Waals surface area (Å²) in [5, 5.41) is 14.4. The van der Waals surface area contributed by atoms with E-state index in [2.05, 4.69) is 5.16 Å². The zero-order valence-corrected chi connectivity index (χ0v) is 7.84. The van der Waals surface area contributed by atoms with Gasteiger partial charge < -0.3 is 15.4 Å². The molecule has 4 nitrogen and oxygen atoms in total.